The Morgan fingerprint density at radius 2 is 1.86 bits per heavy atom. The molecule has 0 fully saturated rings. The summed E-state index contributed by atoms with van der Waals surface area (Å²) in [6.45, 7) is 5.88. The molecule has 0 saturated heterocycles. The molecule has 0 spiro atoms. The largest absolute Gasteiger partial charge is 0.492 e. The topological polar surface area (TPSA) is 118 Å². The monoisotopic (exact) mass is 423 g/mol. The lowest BCUT2D eigenvalue weighted by atomic mass is 10.3. The van der Waals surface area contributed by atoms with Gasteiger partial charge in [-0.1, -0.05) is 13.8 Å². The summed E-state index contributed by atoms with van der Waals surface area (Å²) in [7, 11) is -3.79. The van der Waals surface area contributed by atoms with Crippen LogP contribution in [-0.4, -0.2) is 50.8 Å². The Balaban J connectivity index is 2.17. The molecule has 0 bridgehead atoms. The number of carbonyl (C=O) groups is 2. The first-order chi connectivity index (χ1) is 13.8. The second-order valence-corrected chi connectivity index (χ2v) is 7.83. The number of hydrogen-bond acceptors (Lipinski definition) is 6. The van der Waals surface area contributed by atoms with E-state index in [4.69, 9.17) is 9.15 Å². The average molecular weight is 423 g/mol. The van der Waals surface area contributed by atoms with Gasteiger partial charge in [-0.3, -0.25) is 9.59 Å². The molecule has 2 rings (SSSR count). The Labute approximate surface area is 170 Å². The van der Waals surface area contributed by atoms with Gasteiger partial charge in [0.15, 0.2) is 0 Å². The van der Waals surface area contributed by atoms with Crippen LogP contribution >= 0.6 is 0 Å². The van der Waals surface area contributed by atoms with Gasteiger partial charge in [0.25, 0.3) is 5.91 Å². The third-order valence-electron chi connectivity index (χ3n) is 4.04. The maximum atomic E-state index is 12.9. The van der Waals surface area contributed by atoms with Gasteiger partial charge in [0, 0.05) is 18.8 Å². The highest BCUT2D eigenvalue weighted by atomic mass is 32.2. The maximum Gasteiger partial charge on any atom is 0.254 e. The number of sulfonamides is 1. The second-order valence-electron chi connectivity index (χ2n) is 5.93. The van der Waals surface area contributed by atoms with Crippen LogP contribution < -0.4 is 15.4 Å². The Hall–Kier alpha value is -2.85. The van der Waals surface area contributed by atoms with Crippen LogP contribution in [0, 0.1) is 0 Å². The number of nitrogens with zero attached hydrogens (tertiary/aromatic N) is 1. The molecule has 2 amide bonds. The molecular weight excluding hydrogens is 398 g/mol. The van der Waals surface area contributed by atoms with Gasteiger partial charge in [-0.05, 0) is 31.2 Å². The SMILES string of the molecule is CCOc1ccc(NC(=O)CNC(=O)c2ccoc2)cc1S(=O)(=O)N(CC)CC. The van der Waals surface area contributed by atoms with Crippen LogP contribution in [0.3, 0.4) is 0 Å². The van der Waals surface area contributed by atoms with Crippen molar-refractivity contribution in [3.8, 4) is 5.75 Å². The molecule has 1 heterocycles. The minimum Gasteiger partial charge on any atom is -0.492 e. The van der Waals surface area contributed by atoms with Gasteiger partial charge < -0.3 is 19.8 Å². The van der Waals surface area contributed by atoms with E-state index in [1.54, 1.807) is 26.8 Å². The number of anilines is 1. The van der Waals surface area contributed by atoms with Crippen molar-refractivity contribution in [1.29, 1.82) is 0 Å². The van der Waals surface area contributed by atoms with Gasteiger partial charge in [0.2, 0.25) is 15.9 Å². The molecule has 1 aromatic heterocycles. The number of ether oxygens (including phenoxy) is 1. The molecule has 9 nitrogen and oxygen atoms in total. The van der Waals surface area contributed by atoms with Crippen molar-refractivity contribution in [1.82, 2.24) is 9.62 Å². The fourth-order valence-electron chi connectivity index (χ4n) is 2.63. The van der Waals surface area contributed by atoms with E-state index in [0.29, 0.717) is 25.3 Å². The van der Waals surface area contributed by atoms with Crippen molar-refractivity contribution in [3.05, 3.63) is 42.4 Å². The molecule has 0 unspecified atom stereocenters. The molecule has 158 valence electrons. The van der Waals surface area contributed by atoms with Crippen molar-refractivity contribution in [3.63, 3.8) is 0 Å². The summed E-state index contributed by atoms with van der Waals surface area (Å²) < 4.78 is 37.5. The first-order valence-corrected chi connectivity index (χ1v) is 10.6. The molecule has 0 atom stereocenters. The van der Waals surface area contributed by atoms with Gasteiger partial charge >= 0.3 is 0 Å². The summed E-state index contributed by atoms with van der Waals surface area (Å²) in [4.78, 5) is 24.0. The fraction of sp³-hybridized carbons (Fsp3) is 0.368. The van der Waals surface area contributed by atoms with Gasteiger partial charge in [-0.25, -0.2) is 8.42 Å². The lowest BCUT2D eigenvalue weighted by Crippen LogP contribution is -2.33. The third kappa shape index (κ3) is 5.58. The predicted octanol–water partition coefficient (Wildman–Crippen LogP) is 2.08. The molecular formula is C19H25N3O6S. The van der Waals surface area contributed by atoms with Gasteiger partial charge in [0.1, 0.15) is 16.9 Å². The van der Waals surface area contributed by atoms with Gasteiger partial charge in [0.05, 0.1) is 25.0 Å². The van der Waals surface area contributed by atoms with E-state index in [1.807, 2.05) is 0 Å². The molecule has 0 saturated carbocycles. The van der Waals surface area contributed by atoms with Crippen molar-refractivity contribution in [2.24, 2.45) is 0 Å². The number of carbonyl (C=O) groups excluding carboxylic acids is 2. The molecule has 0 aliphatic heterocycles. The Bertz CT molecular complexity index is 937. The minimum absolute atomic E-state index is 0.0247. The molecule has 0 radical (unpaired) electrons. The van der Waals surface area contributed by atoms with E-state index in [9.17, 15) is 18.0 Å². The van der Waals surface area contributed by atoms with Crippen LogP contribution in [0.2, 0.25) is 0 Å². The number of amides is 2. The van der Waals surface area contributed by atoms with Crippen molar-refractivity contribution < 1.29 is 27.2 Å². The van der Waals surface area contributed by atoms with Gasteiger partial charge in [-0.2, -0.15) is 4.31 Å². The van der Waals surface area contributed by atoms with Crippen molar-refractivity contribution in [2.75, 3.05) is 31.6 Å². The zero-order valence-corrected chi connectivity index (χ0v) is 17.4. The number of rotatable bonds is 10. The number of hydrogen-bond donors (Lipinski definition) is 2. The Morgan fingerprint density at radius 1 is 1.14 bits per heavy atom. The van der Waals surface area contributed by atoms with Crippen LogP contribution in [-0.2, 0) is 14.8 Å². The van der Waals surface area contributed by atoms with Crippen molar-refractivity contribution in [2.45, 2.75) is 25.7 Å². The third-order valence-corrected chi connectivity index (χ3v) is 6.11. The summed E-state index contributed by atoms with van der Waals surface area (Å²) in [5.74, 6) is -0.742. The molecule has 2 N–H and O–H groups in total. The number of benzene rings is 1. The first kappa shape index (κ1) is 22.4. The molecule has 0 aliphatic rings. The highest BCUT2D eigenvalue weighted by Gasteiger charge is 2.26. The predicted molar refractivity (Wildman–Crippen MR) is 107 cm³/mol. The summed E-state index contributed by atoms with van der Waals surface area (Å²) in [6, 6.07) is 5.88. The standard InChI is InChI=1S/C19H25N3O6S/c1-4-22(5-2)29(25,26)17-11-15(7-8-16(17)28-6-3)21-18(23)12-20-19(24)14-9-10-27-13-14/h7-11,13H,4-6,12H2,1-3H3,(H,20,24)(H,21,23). The van der Waals surface area contributed by atoms with Crippen LogP contribution in [0.25, 0.3) is 0 Å². The van der Waals surface area contributed by atoms with Crippen LogP contribution in [0.5, 0.6) is 5.75 Å². The summed E-state index contributed by atoms with van der Waals surface area (Å²) in [6.07, 6.45) is 2.62. The van der Waals surface area contributed by atoms with Gasteiger partial charge in [-0.15, -0.1) is 0 Å². The van der Waals surface area contributed by atoms with E-state index < -0.39 is 21.8 Å². The molecule has 29 heavy (non-hydrogen) atoms. The van der Waals surface area contributed by atoms with Crippen LogP contribution in [0.1, 0.15) is 31.1 Å². The number of furan rings is 1. The summed E-state index contributed by atoms with van der Waals surface area (Å²) in [5, 5.41) is 5.04. The van der Waals surface area contributed by atoms with E-state index in [1.165, 1.54) is 35.0 Å². The Kier molecular flexibility index (Phi) is 7.80. The van der Waals surface area contributed by atoms with Crippen LogP contribution in [0.15, 0.2) is 46.1 Å². The van der Waals surface area contributed by atoms with E-state index in [-0.39, 0.29) is 22.9 Å². The normalized spacial score (nSPS) is 11.3. The highest BCUT2D eigenvalue weighted by molar-refractivity contribution is 7.89. The lowest BCUT2D eigenvalue weighted by molar-refractivity contribution is -0.115. The smallest absolute Gasteiger partial charge is 0.254 e. The Morgan fingerprint density at radius 3 is 2.45 bits per heavy atom. The minimum atomic E-state index is -3.79. The van der Waals surface area contributed by atoms with E-state index >= 15 is 0 Å². The molecule has 0 aliphatic carbocycles. The average Bonchev–Trinajstić information content (AvgIpc) is 3.23. The number of nitrogens with one attached hydrogen (secondary N) is 2. The zero-order valence-electron chi connectivity index (χ0n) is 16.6. The zero-order chi connectivity index (χ0) is 21.4. The quantitative estimate of drug-likeness (QED) is 0.604. The molecule has 10 heteroatoms. The van der Waals surface area contributed by atoms with E-state index in [0.717, 1.165) is 0 Å². The van der Waals surface area contributed by atoms with Crippen LogP contribution in [0.4, 0.5) is 5.69 Å². The summed E-state index contributed by atoms with van der Waals surface area (Å²) in [5.41, 5.74) is 0.577. The fourth-order valence-corrected chi connectivity index (χ4v) is 4.24. The van der Waals surface area contributed by atoms with Crippen molar-refractivity contribution >= 4 is 27.5 Å². The molecule has 1 aromatic carbocycles. The molecule has 2 aromatic rings. The van der Waals surface area contributed by atoms with E-state index in [2.05, 4.69) is 10.6 Å². The second kappa shape index (κ2) is 10.1. The summed E-state index contributed by atoms with van der Waals surface area (Å²) >= 11 is 0. The maximum absolute atomic E-state index is 12.9. The highest BCUT2D eigenvalue weighted by Crippen LogP contribution is 2.30. The lowest BCUT2D eigenvalue weighted by Gasteiger charge is -2.21. The first-order valence-electron chi connectivity index (χ1n) is 9.20.